The fraction of sp³-hybridized carbons (Fsp3) is 0.0286. The van der Waals surface area contributed by atoms with E-state index in [0.29, 0.717) is 6.67 Å². The van der Waals surface area contributed by atoms with Gasteiger partial charge < -0.3 is 15.2 Å². The van der Waals surface area contributed by atoms with Gasteiger partial charge in [0.1, 0.15) is 0 Å². The molecule has 0 atom stereocenters. The van der Waals surface area contributed by atoms with Gasteiger partial charge in [-0.15, -0.1) is 0 Å². The van der Waals surface area contributed by atoms with Gasteiger partial charge in [-0.3, -0.25) is 0 Å². The van der Waals surface area contributed by atoms with Crippen LogP contribution in [0, 0.1) is 0 Å². The van der Waals surface area contributed by atoms with Crippen molar-refractivity contribution in [3.8, 4) is 11.1 Å². The Balaban J connectivity index is 1.37. The molecule has 0 aliphatic carbocycles. The summed E-state index contributed by atoms with van der Waals surface area (Å²) in [7, 11) is 0. The Morgan fingerprint density at radius 2 is 1.38 bits per heavy atom. The van der Waals surface area contributed by atoms with E-state index in [2.05, 4.69) is 137 Å². The van der Waals surface area contributed by atoms with Crippen LogP contribution in [-0.4, -0.2) is 4.57 Å². The number of nitrogens with zero attached hydrogens (tertiary/aromatic N) is 2. The molecule has 1 aromatic heterocycles. The lowest BCUT2D eigenvalue weighted by Crippen LogP contribution is -2.14. The van der Waals surface area contributed by atoms with Crippen molar-refractivity contribution in [2.45, 2.75) is 16.5 Å². The van der Waals surface area contributed by atoms with E-state index in [4.69, 9.17) is 5.73 Å². The average Bonchev–Trinajstić information content (AvgIpc) is 3.34. The molecule has 39 heavy (non-hydrogen) atoms. The molecule has 0 saturated carbocycles. The van der Waals surface area contributed by atoms with Crippen LogP contribution >= 0.6 is 11.8 Å². The van der Waals surface area contributed by atoms with Gasteiger partial charge in [-0.25, -0.2) is 0 Å². The Labute approximate surface area is 231 Å². The van der Waals surface area contributed by atoms with E-state index in [1.165, 1.54) is 64.9 Å². The number of fused-ring (bicyclic) bond motifs is 7. The van der Waals surface area contributed by atoms with E-state index in [9.17, 15) is 0 Å². The van der Waals surface area contributed by atoms with Gasteiger partial charge in [0.25, 0.3) is 0 Å². The number of para-hydroxylation sites is 3. The molecule has 2 N–H and O–H groups in total. The molecular weight excluding hydrogens is 494 g/mol. The van der Waals surface area contributed by atoms with E-state index in [-0.39, 0.29) is 0 Å². The number of hydrogen-bond donors (Lipinski definition) is 1. The number of nitrogens with two attached hydrogens (primary N) is 1. The van der Waals surface area contributed by atoms with Crippen molar-refractivity contribution in [3.05, 3.63) is 127 Å². The largest absolute Gasteiger partial charge is 0.327 e. The summed E-state index contributed by atoms with van der Waals surface area (Å²) < 4.78 is 2.27. The predicted molar refractivity (Wildman–Crippen MR) is 165 cm³/mol. The van der Waals surface area contributed by atoms with Crippen LogP contribution in [0.15, 0.2) is 137 Å². The van der Waals surface area contributed by atoms with Gasteiger partial charge in [0.2, 0.25) is 0 Å². The van der Waals surface area contributed by atoms with E-state index in [1.807, 2.05) is 11.8 Å². The van der Waals surface area contributed by atoms with Crippen molar-refractivity contribution >= 4 is 61.4 Å². The fourth-order valence-electron chi connectivity index (χ4n) is 6.13. The molecular formula is C35H25N3S. The molecule has 2 heterocycles. The lowest BCUT2D eigenvalue weighted by atomic mass is 9.99. The molecule has 3 nitrogen and oxygen atoms in total. The number of benzene rings is 6. The Morgan fingerprint density at radius 3 is 2.28 bits per heavy atom. The maximum absolute atomic E-state index is 6.42. The molecule has 0 radical (unpaired) electrons. The monoisotopic (exact) mass is 519 g/mol. The molecule has 0 amide bonds. The molecule has 4 heteroatoms. The normalized spacial score (nSPS) is 12.7. The van der Waals surface area contributed by atoms with E-state index >= 15 is 0 Å². The number of aromatic nitrogens is 1. The second-order valence-electron chi connectivity index (χ2n) is 9.92. The average molecular weight is 520 g/mol. The maximum Gasteiger partial charge on any atom is 0.0707 e. The number of hydrogen-bond acceptors (Lipinski definition) is 3. The standard InChI is InChI=1S/C35H25N3S/c36-22-37-31-20-17-23-9-4-5-12-26(23)34(31)28-14-8-13-27(35(28)37)24-18-19-30-33(21-24)39-32-16-7-6-15-29(32)38(30)25-10-2-1-3-11-25/h1-21H,22,36H2. The summed E-state index contributed by atoms with van der Waals surface area (Å²) >= 11 is 1.84. The molecule has 8 rings (SSSR count). The first-order valence-electron chi connectivity index (χ1n) is 13.2. The minimum Gasteiger partial charge on any atom is -0.327 e. The van der Waals surface area contributed by atoms with Crippen LogP contribution in [0.1, 0.15) is 0 Å². The quantitative estimate of drug-likeness (QED) is 0.252. The predicted octanol–water partition coefficient (Wildman–Crippen LogP) is 9.47. The summed E-state index contributed by atoms with van der Waals surface area (Å²) in [6.07, 6.45) is 0. The zero-order valence-electron chi connectivity index (χ0n) is 21.2. The zero-order valence-corrected chi connectivity index (χ0v) is 22.0. The van der Waals surface area contributed by atoms with Gasteiger partial charge in [-0.05, 0) is 58.8 Å². The minimum absolute atomic E-state index is 0.421. The van der Waals surface area contributed by atoms with Crippen LogP contribution in [0.5, 0.6) is 0 Å². The van der Waals surface area contributed by atoms with Gasteiger partial charge in [0.15, 0.2) is 0 Å². The van der Waals surface area contributed by atoms with Crippen LogP contribution in [0.3, 0.4) is 0 Å². The van der Waals surface area contributed by atoms with Gasteiger partial charge in [-0.1, -0.05) is 96.7 Å². The molecule has 0 fully saturated rings. The van der Waals surface area contributed by atoms with Gasteiger partial charge in [0, 0.05) is 31.8 Å². The summed E-state index contributed by atoms with van der Waals surface area (Å²) in [6, 6.07) is 45.8. The van der Waals surface area contributed by atoms with Crippen molar-refractivity contribution in [1.82, 2.24) is 4.57 Å². The molecule has 6 aromatic carbocycles. The Bertz CT molecular complexity index is 2040. The number of anilines is 3. The van der Waals surface area contributed by atoms with Crippen LogP contribution in [0.2, 0.25) is 0 Å². The van der Waals surface area contributed by atoms with Crippen molar-refractivity contribution in [2.24, 2.45) is 5.73 Å². The van der Waals surface area contributed by atoms with Crippen molar-refractivity contribution < 1.29 is 0 Å². The minimum atomic E-state index is 0.421. The Hall–Kier alpha value is -4.51. The van der Waals surface area contributed by atoms with Crippen LogP contribution in [-0.2, 0) is 6.67 Å². The van der Waals surface area contributed by atoms with Crippen LogP contribution in [0.25, 0.3) is 43.7 Å². The molecule has 186 valence electrons. The molecule has 0 saturated heterocycles. The summed E-state index contributed by atoms with van der Waals surface area (Å²) in [4.78, 5) is 4.87. The number of rotatable bonds is 3. The van der Waals surface area contributed by atoms with Crippen molar-refractivity contribution in [2.75, 3.05) is 4.90 Å². The van der Waals surface area contributed by atoms with E-state index in [0.717, 1.165) is 5.69 Å². The lowest BCUT2D eigenvalue weighted by Gasteiger charge is -2.33. The Morgan fingerprint density at radius 1 is 0.615 bits per heavy atom. The summed E-state index contributed by atoms with van der Waals surface area (Å²) in [5, 5.41) is 5.02. The van der Waals surface area contributed by atoms with E-state index in [1.54, 1.807) is 0 Å². The van der Waals surface area contributed by atoms with Crippen LogP contribution in [0.4, 0.5) is 17.1 Å². The molecule has 0 spiro atoms. The highest BCUT2D eigenvalue weighted by molar-refractivity contribution is 7.99. The van der Waals surface area contributed by atoms with Crippen molar-refractivity contribution in [3.63, 3.8) is 0 Å². The Kier molecular flexibility index (Phi) is 5.05. The van der Waals surface area contributed by atoms with Gasteiger partial charge in [0.05, 0.1) is 29.1 Å². The smallest absolute Gasteiger partial charge is 0.0707 e. The summed E-state index contributed by atoms with van der Waals surface area (Å²) in [5.74, 6) is 0. The summed E-state index contributed by atoms with van der Waals surface area (Å²) in [5.41, 5.74) is 14.8. The molecule has 0 bridgehead atoms. The summed E-state index contributed by atoms with van der Waals surface area (Å²) in [6.45, 7) is 0.421. The third-order valence-electron chi connectivity index (χ3n) is 7.81. The highest BCUT2D eigenvalue weighted by atomic mass is 32.2. The van der Waals surface area contributed by atoms with Crippen molar-refractivity contribution in [1.29, 1.82) is 0 Å². The first kappa shape index (κ1) is 22.5. The molecule has 0 unspecified atom stereocenters. The second-order valence-corrected chi connectivity index (χ2v) is 11.0. The van der Waals surface area contributed by atoms with Gasteiger partial charge >= 0.3 is 0 Å². The fourth-order valence-corrected chi connectivity index (χ4v) is 7.22. The highest BCUT2D eigenvalue weighted by Crippen LogP contribution is 2.52. The molecule has 1 aliphatic heterocycles. The highest BCUT2D eigenvalue weighted by Gasteiger charge is 2.25. The topological polar surface area (TPSA) is 34.2 Å². The lowest BCUT2D eigenvalue weighted by molar-refractivity contribution is 0.791. The van der Waals surface area contributed by atoms with Crippen LogP contribution < -0.4 is 10.6 Å². The SMILES string of the molecule is NCn1c2ccc3ccccc3c2c2cccc(-c3ccc4c(c3)Sc3ccccc3N4c3ccccc3)c21. The van der Waals surface area contributed by atoms with Gasteiger partial charge in [-0.2, -0.15) is 0 Å². The third kappa shape index (κ3) is 3.36. The first-order valence-corrected chi connectivity index (χ1v) is 14.0. The third-order valence-corrected chi connectivity index (χ3v) is 8.92. The second kappa shape index (κ2) is 8.77. The maximum atomic E-state index is 6.42. The first-order chi connectivity index (χ1) is 19.3. The molecule has 1 aliphatic rings. The zero-order chi connectivity index (χ0) is 25.9. The molecule has 7 aromatic rings. The van der Waals surface area contributed by atoms with E-state index < -0.39 is 0 Å².